The number of pyridine rings is 2. The van der Waals surface area contributed by atoms with Gasteiger partial charge in [-0.3, -0.25) is 9.59 Å². The van der Waals surface area contributed by atoms with Crippen LogP contribution in [0.3, 0.4) is 0 Å². The molecule has 4 heterocycles. The van der Waals surface area contributed by atoms with Crippen molar-refractivity contribution in [3.63, 3.8) is 0 Å². The van der Waals surface area contributed by atoms with Crippen LogP contribution in [0.1, 0.15) is 59.8 Å². The predicted molar refractivity (Wildman–Crippen MR) is 157 cm³/mol. The minimum absolute atomic E-state index is 0.0859. The average molecular weight is 568 g/mol. The lowest BCUT2D eigenvalue weighted by Gasteiger charge is -2.31. The second kappa shape index (κ2) is 10.1. The van der Waals surface area contributed by atoms with E-state index in [2.05, 4.69) is 0 Å². The number of esters is 1. The van der Waals surface area contributed by atoms with Crippen molar-refractivity contribution in [2.45, 2.75) is 58.5 Å². The number of likely N-dealkylation sites (N-methyl/N-ethyl adjacent to an activating group) is 1. The van der Waals surface area contributed by atoms with E-state index in [1.165, 1.54) is 4.90 Å². The van der Waals surface area contributed by atoms with E-state index >= 15 is 0 Å². The predicted octanol–water partition coefficient (Wildman–Crippen LogP) is 4.16. The first kappa shape index (κ1) is 27.7. The van der Waals surface area contributed by atoms with Gasteiger partial charge >= 0.3 is 5.97 Å². The summed E-state index contributed by atoms with van der Waals surface area (Å²) in [5.74, 6) is -0.383. The largest absolute Gasteiger partial charge is 0.476 e. The smallest absolute Gasteiger partial charge is 0.343 e. The first-order chi connectivity index (χ1) is 20.1. The summed E-state index contributed by atoms with van der Waals surface area (Å²) in [4.78, 5) is 45.7. The van der Waals surface area contributed by atoms with Crippen molar-refractivity contribution in [3.8, 4) is 17.1 Å². The molecule has 1 amide bonds. The zero-order valence-corrected chi connectivity index (χ0v) is 24.4. The number of hydrogen-bond acceptors (Lipinski definition) is 7. The molecule has 216 valence electrons. The second-order valence-corrected chi connectivity index (χ2v) is 11.2. The van der Waals surface area contributed by atoms with Crippen LogP contribution in [0.25, 0.3) is 22.3 Å². The highest BCUT2D eigenvalue weighted by molar-refractivity contribution is 5.90. The van der Waals surface area contributed by atoms with Gasteiger partial charge in [-0.1, -0.05) is 43.7 Å². The molecular formula is C33H33N3O6. The van der Waals surface area contributed by atoms with E-state index in [4.69, 9.17) is 14.5 Å². The third kappa shape index (κ3) is 4.18. The average Bonchev–Trinajstić information content (AvgIpc) is 3.35. The first-order valence-corrected chi connectivity index (χ1v) is 14.1. The van der Waals surface area contributed by atoms with Crippen LogP contribution in [-0.2, 0) is 39.5 Å². The lowest BCUT2D eigenvalue weighted by atomic mass is 9.86. The third-order valence-electron chi connectivity index (χ3n) is 8.43. The quantitative estimate of drug-likeness (QED) is 0.307. The number of rotatable bonds is 6. The van der Waals surface area contributed by atoms with Crippen LogP contribution >= 0.6 is 0 Å². The first-order valence-electron chi connectivity index (χ1n) is 14.1. The summed E-state index contributed by atoms with van der Waals surface area (Å²) < 4.78 is 13.2. The Balaban J connectivity index is 1.46. The fourth-order valence-electron chi connectivity index (χ4n) is 5.99. The SMILES string of the molecule is CCc1c2c(nc3ccc(OC(C(=O)N(C)C)c4ccc(C)cc4)cc13)-c1cc3c(c(=O)n1C2)COC(=O)[C@]3(O)CC. The molecule has 0 saturated carbocycles. The van der Waals surface area contributed by atoms with Crippen LogP contribution in [0.5, 0.6) is 5.75 Å². The highest BCUT2D eigenvalue weighted by Crippen LogP contribution is 2.41. The number of cyclic esters (lactones) is 1. The molecular weight excluding hydrogens is 534 g/mol. The summed E-state index contributed by atoms with van der Waals surface area (Å²) in [5, 5.41) is 12.0. The molecule has 2 atom stereocenters. The Labute approximate surface area is 243 Å². The Morgan fingerprint density at radius 2 is 1.86 bits per heavy atom. The number of benzene rings is 2. The zero-order chi connectivity index (χ0) is 29.9. The van der Waals surface area contributed by atoms with Gasteiger partial charge in [-0.25, -0.2) is 9.78 Å². The third-order valence-corrected chi connectivity index (χ3v) is 8.43. The summed E-state index contributed by atoms with van der Waals surface area (Å²) in [6.07, 6.45) is -0.0593. The Morgan fingerprint density at radius 3 is 2.52 bits per heavy atom. The maximum absolute atomic E-state index is 13.6. The van der Waals surface area contributed by atoms with Gasteiger partial charge in [0.05, 0.1) is 29.0 Å². The summed E-state index contributed by atoms with van der Waals surface area (Å²) in [6, 6.07) is 15.0. The van der Waals surface area contributed by atoms with Crippen LogP contribution in [-0.4, -0.2) is 45.5 Å². The van der Waals surface area contributed by atoms with E-state index in [0.717, 1.165) is 27.6 Å². The summed E-state index contributed by atoms with van der Waals surface area (Å²) in [5.41, 5.74) is 4.14. The molecule has 6 rings (SSSR count). The van der Waals surface area contributed by atoms with Crippen LogP contribution in [0.4, 0.5) is 0 Å². The Kier molecular flexibility index (Phi) is 6.65. The summed E-state index contributed by atoms with van der Waals surface area (Å²) in [6.45, 7) is 5.87. The van der Waals surface area contributed by atoms with Gasteiger partial charge in [0.15, 0.2) is 5.60 Å². The minimum Gasteiger partial charge on any atom is -0.476 e. The van der Waals surface area contributed by atoms with Crippen LogP contribution < -0.4 is 10.3 Å². The summed E-state index contributed by atoms with van der Waals surface area (Å²) >= 11 is 0. The fraction of sp³-hybridized carbons (Fsp3) is 0.333. The minimum atomic E-state index is -1.88. The number of aryl methyl sites for hydroxylation is 2. The number of carbonyl (C=O) groups is 2. The topological polar surface area (TPSA) is 111 Å². The molecule has 2 aromatic carbocycles. The van der Waals surface area contributed by atoms with Gasteiger partial charge in [-0.15, -0.1) is 0 Å². The van der Waals surface area contributed by atoms with E-state index in [9.17, 15) is 19.5 Å². The summed E-state index contributed by atoms with van der Waals surface area (Å²) in [7, 11) is 3.41. The molecule has 0 spiro atoms. The number of fused-ring (bicyclic) bond motifs is 5. The van der Waals surface area contributed by atoms with Crippen molar-refractivity contribution in [1.29, 1.82) is 0 Å². The van der Waals surface area contributed by atoms with Crippen molar-refractivity contribution in [2.24, 2.45) is 0 Å². The Bertz CT molecular complexity index is 1830. The molecule has 0 aliphatic carbocycles. The number of aliphatic hydroxyl groups is 1. The Morgan fingerprint density at radius 1 is 1.12 bits per heavy atom. The molecule has 0 radical (unpaired) electrons. The highest BCUT2D eigenvalue weighted by Gasteiger charge is 2.45. The lowest BCUT2D eigenvalue weighted by Crippen LogP contribution is -2.44. The fourth-order valence-corrected chi connectivity index (χ4v) is 5.99. The van der Waals surface area contributed by atoms with Gasteiger partial charge in [0, 0.05) is 36.2 Å². The van der Waals surface area contributed by atoms with Crippen molar-refractivity contribution >= 4 is 22.8 Å². The number of hydrogen-bond donors (Lipinski definition) is 1. The zero-order valence-electron chi connectivity index (χ0n) is 24.4. The molecule has 2 aliphatic heterocycles. The molecule has 1 unspecified atom stereocenters. The normalized spacial score (nSPS) is 17.7. The van der Waals surface area contributed by atoms with Gasteiger partial charge in [0.1, 0.15) is 12.4 Å². The van der Waals surface area contributed by atoms with E-state index < -0.39 is 17.7 Å². The van der Waals surface area contributed by atoms with Crippen molar-refractivity contribution in [3.05, 3.63) is 92.3 Å². The molecule has 9 nitrogen and oxygen atoms in total. The van der Waals surface area contributed by atoms with Gasteiger partial charge in [-0.2, -0.15) is 0 Å². The maximum atomic E-state index is 13.6. The number of ether oxygens (including phenoxy) is 2. The van der Waals surface area contributed by atoms with E-state index in [-0.39, 0.29) is 24.5 Å². The Hall–Kier alpha value is -4.50. The molecule has 2 aromatic heterocycles. The van der Waals surface area contributed by atoms with Crippen molar-refractivity contribution < 1.29 is 24.2 Å². The van der Waals surface area contributed by atoms with Crippen LogP contribution in [0.15, 0.2) is 53.3 Å². The van der Waals surface area contributed by atoms with E-state index in [0.29, 0.717) is 46.7 Å². The molecule has 4 aromatic rings. The molecule has 2 aliphatic rings. The maximum Gasteiger partial charge on any atom is 0.343 e. The van der Waals surface area contributed by atoms with Crippen molar-refractivity contribution in [2.75, 3.05) is 14.1 Å². The molecule has 42 heavy (non-hydrogen) atoms. The monoisotopic (exact) mass is 567 g/mol. The number of amides is 1. The standard InChI is InChI=1S/C33H33N3O6/c1-6-21-22-14-20(42-29(31(38)35(4)5)19-10-8-18(3)9-11-19)12-13-26(22)34-28-23(21)16-36-27(28)15-25-24(30(36)37)17-41-32(39)33(25,40)7-2/h8-15,29,40H,6-7,16-17H2,1-5H3/t29?,33-/m0/s1. The van der Waals surface area contributed by atoms with E-state index in [1.54, 1.807) is 37.7 Å². The molecule has 0 saturated heterocycles. The number of carbonyl (C=O) groups excluding carboxylic acids is 2. The van der Waals surface area contributed by atoms with Crippen LogP contribution in [0, 0.1) is 6.92 Å². The van der Waals surface area contributed by atoms with Crippen molar-refractivity contribution in [1.82, 2.24) is 14.5 Å². The molecule has 9 heteroatoms. The van der Waals surface area contributed by atoms with Gasteiger partial charge in [0.25, 0.3) is 11.5 Å². The van der Waals surface area contributed by atoms with Crippen LogP contribution in [0.2, 0.25) is 0 Å². The van der Waals surface area contributed by atoms with Gasteiger partial charge < -0.3 is 24.0 Å². The number of nitrogens with zero attached hydrogens (tertiary/aromatic N) is 3. The van der Waals surface area contributed by atoms with Gasteiger partial charge in [0.2, 0.25) is 6.10 Å². The number of aromatic nitrogens is 2. The molecule has 0 fully saturated rings. The molecule has 1 N–H and O–H groups in total. The second-order valence-electron chi connectivity index (χ2n) is 11.2. The lowest BCUT2D eigenvalue weighted by molar-refractivity contribution is -0.172. The highest BCUT2D eigenvalue weighted by atomic mass is 16.6. The molecule has 0 bridgehead atoms. The van der Waals surface area contributed by atoms with Gasteiger partial charge in [-0.05, 0) is 49.6 Å². The van der Waals surface area contributed by atoms with E-state index in [1.807, 2.05) is 50.2 Å².